The molecule has 0 aromatic heterocycles. The topological polar surface area (TPSA) is 52.3 Å². The van der Waals surface area contributed by atoms with Gasteiger partial charge in [0.1, 0.15) is 5.75 Å². The Hall–Kier alpha value is -1.81. The number of rotatable bonds is 4. The molecule has 2 aromatic rings. The molecule has 0 atom stereocenters. The van der Waals surface area contributed by atoms with Crippen LogP contribution < -0.4 is 10.5 Å². The van der Waals surface area contributed by atoms with Crippen molar-refractivity contribution in [3.63, 3.8) is 0 Å². The van der Waals surface area contributed by atoms with Crippen molar-refractivity contribution in [1.82, 2.24) is 0 Å². The Kier molecular flexibility index (Phi) is 4.45. The first-order valence-corrected chi connectivity index (χ1v) is 7.16. The van der Waals surface area contributed by atoms with E-state index in [0.717, 1.165) is 10.0 Å². The molecule has 0 aliphatic rings. The molecule has 104 valence electrons. The molecule has 2 rings (SSSR count). The van der Waals surface area contributed by atoms with Gasteiger partial charge in [0.25, 0.3) is 0 Å². The molecule has 0 amide bonds. The number of para-hydroxylation sites is 1. The lowest BCUT2D eigenvalue weighted by Crippen LogP contribution is -2.09. The van der Waals surface area contributed by atoms with Gasteiger partial charge in [-0.15, -0.1) is 0 Å². The number of anilines is 1. The number of carbonyl (C=O) groups is 1. The molecule has 0 aliphatic carbocycles. The average molecular weight is 334 g/mol. The van der Waals surface area contributed by atoms with E-state index in [1.807, 2.05) is 32.0 Å². The van der Waals surface area contributed by atoms with Crippen molar-refractivity contribution in [3.8, 4) is 5.75 Å². The summed E-state index contributed by atoms with van der Waals surface area (Å²) in [5, 5.41) is 0. The monoisotopic (exact) mass is 333 g/mol. The summed E-state index contributed by atoms with van der Waals surface area (Å²) in [5.41, 5.74) is 8.43. The molecule has 0 radical (unpaired) electrons. The second kappa shape index (κ2) is 6.09. The van der Waals surface area contributed by atoms with E-state index in [0.29, 0.717) is 29.2 Å². The summed E-state index contributed by atoms with van der Waals surface area (Å²) in [4.78, 5) is 12.7. The lowest BCUT2D eigenvalue weighted by molar-refractivity contribution is 0.103. The van der Waals surface area contributed by atoms with Crippen molar-refractivity contribution in [1.29, 1.82) is 0 Å². The van der Waals surface area contributed by atoms with E-state index in [4.69, 9.17) is 10.5 Å². The summed E-state index contributed by atoms with van der Waals surface area (Å²) in [7, 11) is 0. The normalized spacial score (nSPS) is 10.3. The number of hydrogen-bond donors (Lipinski definition) is 1. The molecular weight excluding hydrogens is 318 g/mol. The minimum atomic E-state index is -0.129. The molecule has 0 saturated heterocycles. The summed E-state index contributed by atoms with van der Waals surface area (Å²) >= 11 is 3.38. The predicted molar refractivity (Wildman–Crippen MR) is 84.3 cm³/mol. The van der Waals surface area contributed by atoms with E-state index in [1.54, 1.807) is 18.2 Å². The Morgan fingerprint density at radius 2 is 2.00 bits per heavy atom. The Labute approximate surface area is 126 Å². The molecule has 20 heavy (non-hydrogen) atoms. The molecule has 0 aliphatic heterocycles. The largest absolute Gasteiger partial charge is 0.493 e. The zero-order valence-electron chi connectivity index (χ0n) is 11.4. The van der Waals surface area contributed by atoms with Gasteiger partial charge in [-0.2, -0.15) is 0 Å². The minimum Gasteiger partial charge on any atom is -0.493 e. The van der Waals surface area contributed by atoms with Gasteiger partial charge in [0.2, 0.25) is 0 Å². The molecule has 0 fully saturated rings. The van der Waals surface area contributed by atoms with Crippen LogP contribution in [0, 0.1) is 6.92 Å². The van der Waals surface area contributed by atoms with Crippen molar-refractivity contribution in [2.24, 2.45) is 0 Å². The smallest absolute Gasteiger partial charge is 0.198 e. The highest BCUT2D eigenvalue weighted by molar-refractivity contribution is 9.10. The zero-order chi connectivity index (χ0) is 14.7. The van der Waals surface area contributed by atoms with Gasteiger partial charge in [-0.25, -0.2) is 0 Å². The number of nitrogen functional groups attached to an aromatic ring is 1. The van der Waals surface area contributed by atoms with Gasteiger partial charge < -0.3 is 10.5 Å². The molecule has 4 heteroatoms. The Morgan fingerprint density at radius 1 is 1.25 bits per heavy atom. The van der Waals surface area contributed by atoms with E-state index < -0.39 is 0 Å². The van der Waals surface area contributed by atoms with Gasteiger partial charge in [0, 0.05) is 15.7 Å². The van der Waals surface area contributed by atoms with Crippen LogP contribution >= 0.6 is 15.9 Å². The first kappa shape index (κ1) is 14.6. The number of nitrogens with two attached hydrogens (primary N) is 1. The summed E-state index contributed by atoms with van der Waals surface area (Å²) < 4.78 is 6.35. The Morgan fingerprint density at radius 3 is 2.70 bits per heavy atom. The molecule has 2 N–H and O–H groups in total. The fourth-order valence-electron chi connectivity index (χ4n) is 1.98. The molecule has 0 spiro atoms. The third-order valence-corrected chi connectivity index (χ3v) is 3.55. The maximum Gasteiger partial charge on any atom is 0.198 e. The standard InChI is InChI=1S/C16H16BrNO2/c1-3-20-14-8-7-11(17)9-13(14)16(19)12-6-4-5-10(2)15(12)18/h4-9H,3,18H2,1-2H3. The van der Waals surface area contributed by atoms with Gasteiger partial charge in [-0.05, 0) is 43.7 Å². The van der Waals surface area contributed by atoms with Crippen LogP contribution in [0.3, 0.4) is 0 Å². The van der Waals surface area contributed by atoms with Gasteiger partial charge in [-0.3, -0.25) is 4.79 Å². The molecule has 0 bridgehead atoms. The van der Waals surface area contributed by atoms with E-state index in [1.165, 1.54) is 0 Å². The summed E-state index contributed by atoms with van der Waals surface area (Å²) in [6, 6.07) is 10.8. The number of ketones is 1. The van der Waals surface area contributed by atoms with E-state index in [-0.39, 0.29) is 5.78 Å². The van der Waals surface area contributed by atoms with Crippen LogP contribution in [0.5, 0.6) is 5.75 Å². The van der Waals surface area contributed by atoms with Crippen LogP contribution in [0.25, 0.3) is 0 Å². The maximum atomic E-state index is 12.7. The number of ether oxygens (including phenoxy) is 1. The minimum absolute atomic E-state index is 0.129. The summed E-state index contributed by atoms with van der Waals surface area (Å²) in [6.45, 7) is 4.28. The number of hydrogen-bond acceptors (Lipinski definition) is 3. The van der Waals surface area contributed by atoms with E-state index in [2.05, 4.69) is 15.9 Å². The average Bonchev–Trinajstić information content (AvgIpc) is 2.43. The van der Waals surface area contributed by atoms with Crippen molar-refractivity contribution in [2.45, 2.75) is 13.8 Å². The van der Waals surface area contributed by atoms with Gasteiger partial charge in [-0.1, -0.05) is 28.1 Å². The fourth-order valence-corrected chi connectivity index (χ4v) is 2.35. The highest BCUT2D eigenvalue weighted by Gasteiger charge is 2.18. The molecule has 0 saturated carbocycles. The first-order chi connectivity index (χ1) is 9.54. The third-order valence-electron chi connectivity index (χ3n) is 3.05. The molecule has 2 aromatic carbocycles. The quantitative estimate of drug-likeness (QED) is 0.680. The number of aryl methyl sites for hydroxylation is 1. The second-order valence-electron chi connectivity index (χ2n) is 4.44. The summed E-state index contributed by atoms with van der Waals surface area (Å²) in [5.74, 6) is 0.442. The zero-order valence-corrected chi connectivity index (χ0v) is 13.0. The number of halogens is 1. The van der Waals surface area contributed by atoms with E-state index in [9.17, 15) is 4.79 Å². The fraction of sp³-hybridized carbons (Fsp3) is 0.188. The maximum absolute atomic E-state index is 12.7. The molecule has 0 heterocycles. The van der Waals surface area contributed by atoms with Crippen LogP contribution in [-0.4, -0.2) is 12.4 Å². The van der Waals surface area contributed by atoms with Crippen LogP contribution in [0.1, 0.15) is 28.4 Å². The van der Waals surface area contributed by atoms with E-state index >= 15 is 0 Å². The molecular formula is C16H16BrNO2. The Bertz CT molecular complexity index is 653. The lowest BCUT2D eigenvalue weighted by Gasteiger charge is -2.12. The first-order valence-electron chi connectivity index (χ1n) is 6.36. The van der Waals surface area contributed by atoms with Crippen LogP contribution in [0.15, 0.2) is 40.9 Å². The van der Waals surface area contributed by atoms with Gasteiger partial charge >= 0.3 is 0 Å². The van der Waals surface area contributed by atoms with Crippen LogP contribution in [-0.2, 0) is 0 Å². The van der Waals surface area contributed by atoms with Crippen LogP contribution in [0.4, 0.5) is 5.69 Å². The van der Waals surface area contributed by atoms with Gasteiger partial charge in [0.05, 0.1) is 12.2 Å². The number of carbonyl (C=O) groups excluding carboxylic acids is 1. The molecule has 0 unspecified atom stereocenters. The highest BCUT2D eigenvalue weighted by atomic mass is 79.9. The van der Waals surface area contributed by atoms with Crippen molar-refractivity contribution in [2.75, 3.05) is 12.3 Å². The third kappa shape index (κ3) is 2.85. The predicted octanol–water partition coefficient (Wildman–Crippen LogP) is 3.97. The van der Waals surface area contributed by atoms with Crippen molar-refractivity contribution < 1.29 is 9.53 Å². The van der Waals surface area contributed by atoms with Crippen molar-refractivity contribution in [3.05, 3.63) is 57.6 Å². The lowest BCUT2D eigenvalue weighted by atomic mass is 9.99. The highest BCUT2D eigenvalue weighted by Crippen LogP contribution is 2.28. The number of benzene rings is 2. The summed E-state index contributed by atoms with van der Waals surface area (Å²) in [6.07, 6.45) is 0. The Balaban J connectivity index is 2.52. The SMILES string of the molecule is CCOc1ccc(Br)cc1C(=O)c1cccc(C)c1N. The van der Waals surface area contributed by atoms with Gasteiger partial charge in [0.15, 0.2) is 5.78 Å². The van der Waals surface area contributed by atoms with Crippen molar-refractivity contribution >= 4 is 27.4 Å². The second-order valence-corrected chi connectivity index (χ2v) is 5.35. The molecule has 3 nitrogen and oxygen atoms in total. The van der Waals surface area contributed by atoms with Crippen LogP contribution in [0.2, 0.25) is 0 Å².